The summed E-state index contributed by atoms with van der Waals surface area (Å²) in [6.45, 7) is 3.52. The minimum absolute atomic E-state index is 0.0395. The van der Waals surface area contributed by atoms with Crippen LogP contribution in [0.1, 0.15) is 41.5 Å². The first-order valence-electron chi connectivity index (χ1n) is 8.45. The number of rotatable bonds is 4. The van der Waals surface area contributed by atoms with Gasteiger partial charge in [-0.2, -0.15) is 0 Å². The van der Waals surface area contributed by atoms with E-state index in [1.54, 1.807) is 6.92 Å². The van der Waals surface area contributed by atoms with Gasteiger partial charge in [0.15, 0.2) is 5.78 Å². The van der Waals surface area contributed by atoms with E-state index in [1.807, 2.05) is 37.3 Å². The van der Waals surface area contributed by atoms with Crippen LogP contribution in [0.2, 0.25) is 5.02 Å². The van der Waals surface area contributed by atoms with Crippen LogP contribution in [0.15, 0.2) is 30.3 Å². The van der Waals surface area contributed by atoms with E-state index in [0.717, 1.165) is 23.5 Å². The van der Waals surface area contributed by atoms with Gasteiger partial charge in [-0.1, -0.05) is 11.6 Å². The molecule has 0 N–H and O–H groups in total. The molecule has 0 unspecified atom stereocenters. The van der Waals surface area contributed by atoms with E-state index >= 15 is 0 Å². The molecule has 0 spiro atoms. The fraction of sp³-hybridized carbons (Fsp3) is 0.421. The highest BCUT2D eigenvalue weighted by Gasteiger charge is 2.26. The van der Waals surface area contributed by atoms with Crippen LogP contribution in [0.25, 0.3) is 5.69 Å². The van der Waals surface area contributed by atoms with Crippen LogP contribution < -0.4 is 0 Å². The minimum Gasteiger partial charge on any atom is -0.317 e. The summed E-state index contributed by atoms with van der Waals surface area (Å²) in [7, 11) is -2.87. The monoisotopic (exact) mass is 379 g/mol. The van der Waals surface area contributed by atoms with Gasteiger partial charge >= 0.3 is 0 Å². The zero-order valence-corrected chi connectivity index (χ0v) is 16.0. The Morgan fingerprint density at radius 3 is 2.36 bits per heavy atom. The first-order chi connectivity index (χ1) is 11.8. The summed E-state index contributed by atoms with van der Waals surface area (Å²) in [6.07, 6.45) is 2.14. The largest absolute Gasteiger partial charge is 0.317 e. The van der Waals surface area contributed by atoms with Crippen LogP contribution in [-0.4, -0.2) is 30.3 Å². The summed E-state index contributed by atoms with van der Waals surface area (Å²) in [5, 5.41) is 0.666. The fourth-order valence-corrected chi connectivity index (χ4v) is 5.28. The number of aromatic nitrogens is 1. The summed E-state index contributed by atoms with van der Waals surface area (Å²) in [6, 6.07) is 9.50. The first-order valence-corrected chi connectivity index (χ1v) is 10.7. The fourth-order valence-electron chi connectivity index (χ4n) is 3.57. The number of hydrogen-bond acceptors (Lipinski definition) is 3. The zero-order valence-electron chi connectivity index (χ0n) is 14.5. The summed E-state index contributed by atoms with van der Waals surface area (Å²) in [5.41, 5.74) is 3.64. The van der Waals surface area contributed by atoms with Gasteiger partial charge in [0, 0.05) is 27.7 Å². The molecular weight excluding hydrogens is 358 g/mol. The van der Waals surface area contributed by atoms with Gasteiger partial charge < -0.3 is 4.57 Å². The second-order valence-corrected chi connectivity index (χ2v) is 9.54. The summed E-state index contributed by atoms with van der Waals surface area (Å²) in [4.78, 5) is 12.0. The second kappa shape index (κ2) is 6.96. The number of benzene rings is 1. The van der Waals surface area contributed by atoms with Gasteiger partial charge in [0.05, 0.1) is 11.5 Å². The van der Waals surface area contributed by atoms with Crippen molar-refractivity contribution in [2.75, 3.05) is 11.5 Å². The van der Waals surface area contributed by atoms with Gasteiger partial charge in [0.1, 0.15) is 9.84 Å². The summed E-state index contributed by atoms with van der Waals surface area (Å²) < 4.78 is 25.4. The molecule has 2 heterocycles. The van der Waals surface area contributed by atoms with Crippen molar-refractivity contribution < 1.29 is 13.2 Å². The number of hydrogen-bond donors (Lipinski definition) is 0. The summed E-state index contributed by atoms with van der Waals surface area (Å²) >= 11 is 6.00. The van der Waals surface area contributed by atoms with Gasteiger partial charge in [0.2, 0.25) is 0 Å². The molecule has 3 rings (SSSR count). The molecule has 1 aliphatic rings. The van der Waals surface area contributed by atoms with Crippen molar-refractivity contribution >= 4 is 27.2 Å². The number of ketones is 1. The highest BCUT2D eigenvalue weighted by molar-refractivity contribution is 7.91. The normalized spacial score (nSPS) is 17.6. The topological polar surface area (TPSA) is 56.1 Å². The highest BCUT2D eigenvalue weighted by atomic mass is 35.5. The molecule has 1 aromatic heterocycles. The maximum absolute atomic E-state index is 12.0. The van der Waals surface area contributed by atoms with Crippen molar-refractivity contribution in [3.63, 3.8) is 0 Å². The molecule has 1 saturated heterocycles. The van der Waals surface area contributed by atoms with Gasteiger partial charge in [-0.25, -0.2) is 8.42 Å². The number of carbonyl (C=O) groups excluding carboxylic acids is 1. The van der Waals surface area contributed by atoms with Gasteiger partial charge in [0.25, 0.3) is 0 Å². The van der Waals surface area contributed by atoms with E-state index in [9.17, 15) is 13.2 Å². The highest BCUT2D eigenvalue weighted by Crippen LogP contribution is 2.28. The van der Waals surface area contributed by atoms with Crippen molar-refractivity contribution in [3.8, 4) is 5.69 Å². The second-order valence-electron chi connectivity index (χ2n) is 6.80. The number of halogens is 1. The number of carbonyl (C=O) groups is 1. The third-order valence-electron chi connectivity index (χ3n) is 4.96. The van der Waals surface area contributed by atoms with Gasteiger partial charge in [-0.05, 0) is 69.4 Å². The molecule has 0 aliphatic carbocycles. The number of sulfone groups is 1. The lowest BCUT2D eigenvalue weighted by Gasteiger charge is -2.23. The smallest absolute Gasteiger partial charge is 0.161 e. The van der Waals surface area contributed by atoms with Crippen LogP contribution in [0.5, 0.6) is 0 Å². The molecule has 0 bridgehead atoms. The Kier molecular flexibility index (Phi) is 5.07. The lowest BCUT2D eigenvalue weighted by atomic mass is 9.96. The van der Waals surface area contributed by atoms with E-state index in [2.05, 4.69) is 4.57 Å². The molecule has 1 aromatic carbocycles. The van der Waals surface area contributed by atoms with E-state index in [-0.39, 0.29) is 17.3 Å². The molecular formula is C19H22ClNO3S. The predicted octanol–water partition coefficient (Wildman–Crippen LogP) is 4.01. The van der Waals surface area contributed by atoms with E-state index < -0.39 is 9.84 Å². The lowest BCUT2D eigenvalue weighted by Crippen LogP contribution is -2.25. The molecule has 0 saturated carbocycles. The number of nitrogens with zero attached hydrogens (tertiary/aromatic N) is 1. The molecule has 0 radical (unpaired) electrons. The SMILES string of the molecule is CC(=O)c1cc(CC2CCS(=O)(=O)CC2)n(-c2ccc(Cl)cc2)c1C. The Morgan fingerprint density at radius 1 is 1.20 bits per heavy atom. The Hall–Kier alpha value is -1.59. The molecule has 0 amide bonds. The van der Waals surface area contributed by atoms with Crippen molar-refractivity contribution in [1.82, 2.24) is 4.57 Å². The van der Waals surface area contributed by atoms with Crippen LogP contribution in [0, 0.1) is 12.8 Å². The lowest BCUT2D eigenvalue weighted by molar-refractivity contribution is 0.101. The van der Waals surface area contributed by atoms with E-state index in [1.165, 1.54) is 0 Å². The Labute approximate surface area is 153 Å². The minimum atomic E-state index is -2.87. The van der Waals surface area contributed by atoms with Crippen LogP contribution >= 0.6 is 11.6 Å². The first kappa shape index (κ1) is 18.2. The molecule has 6 heteroatoms. The predicted molar refractivity (Wildman–Crippen MR) is 101 cm³/mol. The maximum Gasteiger partial charge on any atom is 0.161 e. The molecule has 0 atom stereocenters. The average Bonchev–Trinajstić information content (AvgIpc) is 2.87. The van der Waals surface area contributed by atoms with Crippen LogP contribution in [0.3, 0.4) is 0 Å². The molecule has 25 heavy (non-hydrogen) atoms. The Balaban J connectivity index is 1.96. The molecule has 1 aliphatic heterocycles. The Morgan fingerprint density at radius 2 is 1.80 bits per heavy atom. The van der Waals surface area contributed by atoms with Gasteiger partial charge in [-0.15, -0.1) is 0 Å². The maximum atomic E-state index is 12.0. The van der Waals surface area contributed by atoms with Crippen LogP contribution in [0.4, 0.5) is 0 Å². The van der Waals surface area contributed by atoms with Crippen LogP contribution in [-0.2, 0) is 16.3 Å². The van der Waals surface area contributed by atoms with Gasteiger partial charge in [-0.3, -0.25) is 4.79 Å². The van der Waals surface area contributed by atoms with E-state index in [0.29, 0.717) is 29.3 Å². The third kappa shape index (κ3) is 3.98. The average molecular weight is 380 g/mol. The molecule has 134 valence electrons. The van der Waals surface area contributed by atoms with E-state index in [4.69, 9.17) is 11.6 Å². The zero-order chi connectivity index (χ0) is 18.2. The third-order valence-corrected chi connectivity index (χ3v) is 6.93. The van der Waals surface area contributed by atoms with Crippen molar-refractivity contribution in [3.05, 3.63) is 52.3 Å². The van der Waals surface area contributed by atoms with Crippen molar-refractivity contribution in [1.29, 1.82) is 0 Å². The quantitative estimate of drug-likeness (QED) is 0.754. The Bertz CT molecular complexity index is 883. The summed E-state index contributed by atoms with van der Waals surface area (Å²) in [5.74, 6) is 0.886. The van der Waals surface area contributed by atoms with Crippen molar-refractivity contribution in [2.45, 2.75) is 33.1 Å². The standard InChI is InChI=1S/C19H22ClNO3S/c1-13-19(14(2)22)12-18(11-15-7-9-25(23,24)10-8-15)21(13)17-5-3-16(20)4-6-17/h3-6,12,15H,7-11H2,1-2H3. The number of Topliss-reactive ketones (excluding diaryl/α,β-unsaturated/α-hetero) is 1. The molecule has 4 nitrogen and oxygen atoms in total. The van der Waals surface area contributed by atoms with Crippen molar-refractivity contribution in [2.24, 2.45) is 5.92 Å². The molecule has 2 aromatic rings. The molecule has 1 fully saturated rings.